The van der Waals surface area contributed by atoms with Crippen molar-refractivity contribution < 1.29 is 13.9 Å². The molecule has 0 spiro atoms. The number of rotatable bonds is 6. The number of ether oxygens (including phenoxy) is 1. The van der Waals surface area contributed by atoms with Crippen molar-refractivity contribution in [3.8, 4) is 0 Å². The highest BCUT2D eigenvalue weighted by Crippen LogP contribution is 2.35. The Labute approximate surface area is 157 Å². The molecule has 1 amide bonds. The van der Waals surface area contributed by atoms with Crippen LogP contribution in [0.1, 0.15) is 72.6 Å². The maximum Gasteiger partial charge on any atom is 0.249 e. The fourth-order valence-corrected chi connectivity index (χ4v) is 3.80. The third-order valence-electron chi connectivity index (χ3n) is 5.35. The summed E-state index contributed by atoms with van der Waals surface area (Å²) >= 11 is 0. The molecule has 1 aliphatic carbocycles. The number of hydrogen-bond donors (Lipinski definition) is 0. The van der Waals surface area contributed by atoms with E-state index in [0.29, 0.717) is 36.1 Å². The van der Waals surface area contributed by atoms with E-state index < -0.39 is 0 Å². The topological polar surface area (TPSA) is 68.5 Å². The van der Waals surface area contributed by atoms with Crippen LogP contribution >= 0.6 is 0 Å². The van der Waals surface area contributed by atoms with Crippen LogP contribution in [0, 0.1) is 24.7 Å². The van der Waals surface area contributed by atoms with Crippen LogP contribution in [0.15, 0.2) is 4.42 Å². The Hall–Kier alpha value is -1.43. The third-order valence-corrected chi connectivity index (χ3v) is 5.35. The Bertz CT molecular complexity index is 591. The molecular weight excluding hydrogens is 330 g/mol. The van der Waals surface area contributed by atoms with Crippen LogP contribution in [0.4, 0.5) is 0 Å². The molecule has 0 aromatic carbocycles. The number of hydrogen-bond acceptors (Lipinski definition) is 5. The second kappa shape index (κ2) is 8.51. The zero-order valence-electron chi connectivity index (χ0n) is 17.4. The van der Waals surface area contributed by atoms with Gasteiger partial charge in [-0.2, -0.15) is 0 Å². The Balaban J connectivity index is 2.01. The molecule has 0 N–H and O–H groups in total. The fourth-order valence-electron chi connectivity index (χ4n) is 3.80. The van der Waals surface area contributed by atoms with Gasteiger partial charge in [0.25, 0.3) is 0 Å². The molecule has 0 aliphatic heterocycles. The number of carbonyl (C=O) groups is 1. The smallest absolute Gasteiger partial charge is 0.249 e. The van der Waals surface area contributed by atoms with Gasteiger partial charge in [0.15, 0.2) is 0 Å². The van der Waals surface area contributed by atoms with Gasteiger partial charge in [0.1, 0.15) is 6.61 Å². The van der Waals surface area contributed by atoms with Crippen molar-refractivity contribution in [1.82, 2.24) is 15.1 Å². The average molecular weight is 366 g/mol. The maximum absolute atomic E-state index is 12.9. The highest BCUT2D eigenvalue weighted by Gasteiger charge is 2.33. The summed E-state index contributed by atoms with van der Waals surface area (Å²) in [5.74, 6) is 2.69. The van der Waals surface area contributed by atoms with E-state index in [9.17, 15) is 4.79 Å². The summed E-state index contributed by atoms with van der Waals surface area (Å²) in [4.78, 5) is 14.7. The molecule has 3 atom stereocenters. The first-order chi connectivity index (χ1) is 12.1. The summed E-state index contributed by atoms with van der Waals surface area (Å²) in [7, 11) is 0. The highest BCUT2D eigenvalue weighted by molar-refractivity contribution is 5.78. The largest absolute Gasteiger partial charge is 0.424 e. The van der Waals surface area contributed by atoms with Gasteiger partial charge in [-0.25, -0.2) is 0 Å². The van der Waals surface area contributed by atoms with Crippen molar-refractivity contribution in [2.75, 3.05) is 6.61 Å². The first-order valence-electron chi connectivity index (χ1n) is 9.79. The van der Waals surface area contributed by atoms with Gasteiger partial charge in [-0.05, 0) is 51.4 Å². The van der Waals surface area contributed by atoms with E-state index >= 15 is 0 Å². The lowest BCUT2D eigenvalue weighted by molar-refractivity contribution is -0.147. The normalized spacial score (nSPS) is 24.1. The molecule has 6 heteroatoms. The summed E-state index contributed by atoms with van der Waals surface area (Å²) in [5, 5.41) is 7.88. The molecule has 0 bridgehead atoms. The van der Waals surface area contributed by atoms with E-state index in [2.05, 4.69) is 31.0 Å². The van der Waals surface area contributed by atoms with Gasteiger partial charge in [0, 0.05) is 12.5 Å². The molecule has 0 saturated heterocycles. The van der Waals surface area contributed by atoms with Crippen molar-refractivity contribution in [2.45, 2.75) is 85.9 Å². The zero-order valence-corrected chi connectivity index (χ0v) is 17.4. The Morgan fingerprint density at radius 3 is 2.54 bits per heavy atom. The molecule has 3 unspecified atom stereocenters. The van der Waals surface area contributed by atoms with Gasteiger partial charge in [-0.1, -0.05) is 27.2 Å². The van der Waals surface area contributed by atoms with Crippen LogP contribution in [-0.4, -0.2) is 39.3 Å². The van der Waals surface area contributed by atoms with Crippen molar-refractivity contribution >= 4 is 5.91 Å². The summed E-state index contributed by atoms with van der Waals surface area (Å²) < 4.78 is 11.6. The summed E-state index contributed by atoms with van der Waals surface area (Å²) in [6, 6.07) is 0. The van der Waals surface area contributed by atoms with E-state index in [0.717, 1.165) is 6.42 Å². The second-order valence-corrected chi connectivity index (χ2v) is 9.04. The zero-order chi connectivity index (χ0) is 19.5. The van der Waals surface area contributed by atoms with Gasteiger partial charge < -0.3 is 14.1 Å². The number of amides is 1. The number of carbonyl (C=O) groups excluding carboxylic acids is 1. The monoisotopic (exact) mass is 365 g/mol. The van der Waals surface area contributed by atoms with Crippen molar-refractivity contribution in [3.63, 3.8) is 0 Å². The van der Waals surface area contributed by atoms with E-state index in [-0.39, 0.29) is 24.2 Å². The van der Waals surface area contributed by atoms with Crippen molar-refractivity contribution in [1.29, 1.82) is 0 Å². The molecule has 1 saturated carbocycles. The minimum absolute atomic E-state index is 0.0333. The predicted molar refractivity (Wildman–Crippen MR) is 100 cm³/mol. The Morgan fingerprint density at radius 2 is 2.00 bits per heavy atom. The molecule has 0 radical (unpaired) electrons. The minimum atomic E-state index is -0.347. The average Bonchev–Trinajstić information content (AvgIpc) is 2.94. The van der Waals surface area contributed by atoms with Crippen molar-refractivity contribution in [3.05, 3.63) is 11.8 Å². The van der Waals surface area contributed by atoms with Gasteiger partial charge in [0.05, 0.1) is 12.6 Å². The van der Waals surface area contributed by atoms with Crippen LogP contribution in [-0.2, 0) is 16.1 Å². The fraction of sp³-hybridized carbons (Fsp3) is 0.850. The summed E-state index contributed by atoms with van der Waals surface area (Å²) in [5.41, 5.74) is -0.347. The predicted octanol–water partition coefficient (Wildman–Crippen LogP) is 3.98. The molecule has 1 aliphatic rings. The Kier molecular flexibility index (Phi) is 6.83. The maximum atomic E-state index is 12.9. The number of aryl methyl sites for hydroxylation is 1. The molecule has 26 heavy (non-hydrogen) atoms. The van der Waals surface area contributed by atoms with Crippen LogP contribution in [0.3, 0.4) is 0 Å². The lowest BCUT2D eigenvalue weighted by Gasteiger charge is -2.38. The first kappa shape index (κ1) is 20.9. The Morgan fingerprint density at radius 1 is 1.31 bits per heavy atom. The standard InChI is InChI=1S/C20H35N3O3/c1-13(2)16-9-8-14(3)10-17(16)25-12-19(24)23(20(5,6)7)11-18-22-21-15(4)26-18/h13-14,16-17H,8-12H2,1-7H3. The molecular formula is C20H35N3O3. The molecule has 1 aromatic heterocycles. The van der Waals surface area contributed by atoms with E-state index in [4.69, 9.17) is 9.15 Å². The number of nitrogens with zero attached hydrogens (tertiary/aromatic N) is 3. The molecule has 6 nitrogen and oxygen atoms in total. The van der Waals surface area contributed by atoms with Crippen LogP contribution < -0.4 is 0 Å². The van der Waals surface area contributed by atoms with Crippen LogP contribution in [0.2, 0.25) is 0 Å². The van der Waals surface area contributed by atoms with Crippen LogP contribution in [0.25, 0.3) is 0 Å². The second-order valence-electron chi connectivity index (χ2n) is 9.04. The first-order valence-corrected chi connectivity index (χ1v) is 9.79. The van der Waals surface area contributed by atoms with E-state index in [1.54, 1.807) is 11.8 Å². The lowest BCUT2D eigenvalue weighted by atomic mass is 9.75. The van der Waals surface area contributed by atoms with Gasteiger partial charge in [-0.3, -0.25) is 4.79 Å². The van der Waals surface area contributed by atoms with Gasteiger partial charge in [-0.15, -0.1) is 10.2 Å². The van der Waals surface area contributed by atoms with Gasteiger partial charge >= 0.3 is 0 Å². The van der Waals surface area contributed by atoms with Crippen molar-refractivity contribution in [2.24, 2.45) is 17.8 Å². The minimum Gasteiger partial charge on any atom is -0.424 e. The van der Waals surface area contributed by atoms with Crippen LogP contribution in [0.5, 0.6) is 0 Å². The molecule has 1 fully saturated rings. The molecule has 1 heterocycles. The SMILES string of the molecule is Cc1nnc(CN(C(=O)COC2CC(C)CCC2C(C)C)C(C)(C)C)o1. The van der Waals surface area contributed by atoms with Gasteiger partial charge in [0.2, 0.25) is 17.7 Å². The number of aromatic nitrogens is 2. The summed E-state index contributed by atoms with van der Waals surface area (Å²) in [6.07, 6.45) is 3.63. The van der Waals surface area contributed by atoms with E-state index in [1.807, 2.05) is 20.8 Å². The molecule has 2 rings (SSSR count). The molecule has 148 valence electrons. The summed E-state index contributed by atoms with van der Waals surface area (Å²) in [6.45, 7) is 14.9. The third kappa shape index (κ3) is 5.53. The molecule has 1 aromatic rings. The van der Waals surface area contributed by atoms with E-state index in [1.165, 1.54) is 12.8 Å². The quantitative estimate of drug-likeness (QED) is 0.762. The lowest BCUT2D eigenvalue weighted by Crippen LogP contribution is -2.47. The highest BCUT2D eigenvalue weighted by atomic mass is 16.5.